The monoisotopic (exact) mass is 232 g/mol. The van der Waals surface area contributed by atoms with Gasteiger partial charge in [-0.3, -0.25) is 11.3 Å². The van der Waals surface area contributed by atoms with Gasteiger partial charge in [0.05, 0.1) is 0 Å². The van der Waals surface area contributed by atoms with Gasteiger partial charge in [-0.05, 0) is 54.7 Å². The smallest absolute Gasteiger partial charge is 0.0284 e. The summed E-state index contributed by atoms with van der Waals surface area (Å²) in [5, 5.41) is 0. The SMILES string of the molecule is Cc1cccc(C)c1CC(NN)C1CC1(C)C. The Labute approximate surface area is 105 Å². The van der Waals surface area contributed by atoms with Crippen molar-refractivity contribution in [3.63, 3.8) is 0 Å². The second-order valence-corrected chi connectivity index (χ2v) is 6.15. The normalized spacial score (nSPS) is 23.5. The molecule has 1 aliphatic carbocycles. The molecule has 0 spiro atoms. The number of hydrazine groups is 1. The van der Waals surface area contributed by atoms with E-state index in [1.54, 1.807) is 0 Å². The second kappa shape index (κ2) is 4.43. The van der Waals surface area contributed by atoms with Crippen molar-refractivity contribution in [3.8, 4) is 0 Å². The van der Waals surface area contributed by atoms with Crippen LogP contribution in [0.1, 0.15) is 37.0 Å². The van der Waals surface area contributed by atoms with E-state index in [1.807, 2.05) is 0 Å². The van der Waals surface area contributed by atoms with E-state index >= 15 is 0 Å². The molecule has 17 heavy (non-hydrogen) atoms. The summed E-state index contributed by atoms with van der Waals surface area (Å²) in [6.07, 6.45) is 2.33. The van der Waals surface area contributed by atoms with Gasteiger partial charge in [-0.1, -0.05) is 32.0 Å². The van der Waals surface area contributed by atoms with Crippen LogP contribution in [-0.4, -0.2) is 6.04 Å². The van der Waals surface area contributed by atoms with Gasteiger partial charge in [0, 0.05) is 6.04 Å². The topological polar surface area (TPSA) is 38.0 Å². The molecular weight excluding hydrogens is 208 g/mol. The van der Waals surface area contributed by atoms with Crippen molar-refractivity contribution in [1.82, 2.24) is 5.43 Å². The number of nitrogens with two attached hydrogens (primary N) is 1. The molecule has 1 aromatic carbocycles. The van der Waals surface area contributed by atoms with E-state index in [0.717, 1.165) is 6.42 Å². The maximum atomic E-state index is 5.73. The molecule has 0 bridgehead atoms. The van der Waals surface area contributed by atoms with Crippen LogP contribution in [0.4, 0.5) is 0 Å². The summed E-state index contributed by atoms with van der Waals surface area (Å²) in [6.45, 7) is 9.03. The minimum absolute atomic E-state index is 0.407. The molecule has 2 nitrogen and oxygen atoms in total. The molecule has 1 fully saturated rings. The predicted molar refractivity (Wildman–Crippen MR) is 72.6 cm³/mol. The number of nitrogens with one attached hydrogen (secondary N) is 1. The summed E-state index contributed by atoms with van der Waals surface area (Å²) < 4.78 is 0. The number of aryl methyl sites for hydroxylation is 2. The number of hydrogen-bond donors (Lipinski definition) is 2. The van der Waals surface area contributed by atoms with Crippen LogP contribution in [0.15, 0.2) is 18.2 Å². The lowest BCUT2D eigenvalue weighted by Gasteiger charge is -2.20. The fourth-order valence-electron chi connectivity index (χ4n) is 2.90. The van der Waals surface area contributed by atoms with Crippen LogP contribution in [0, 0.1) is 25.2 Å². The van der Waals surface area contributed by atoms with Gasteiger partial charge in [0.15, 0.2) is 0 Å². The van der Waals surface area contributed by atoms with Crippen LogP contribution < -0.4 is 11.3 Å². The van der Waals surface area contributed by atoms with Crippen molar-refractivity contribution in [3.05, 3.63) is 34.9 Å². The first-order valence-corrected chi connectivity index (χ1v) is 6.47. The average Bonchev–Trinajstić information content (AvgIpc) is 2.87. The van der Waals surface area contributed by atoms with Crippen molar-refractivity contribution in [2.45, 2.75) is 46.6 Å². The number of rotatable bonds is 4. The molecule has 2 atom stereocenters. The first-order chi connectivity index (χ1) is 7.95. The van der Waals surface area contributed by atoms with Crippen LogP contribution in [0.5, 0.6) is 0 Å². The zero-order valence-electron chi connectivity index (χ0n) is 11.4. The number of benzene rings is 1. The zero-order valence-corrected chi connectivity index (χ0v) is 11.4. The fourth-order valence-corrected chi connectivity index (χ4v) is 2.90. The Morgan fingerprint density at radius 1 is 1.35 bits per heavy atom. The van der Waals surface area contributed by atoms with Crippen molar-refractivity contribution in [2.24, 2.45) is 17.2 Å². The first-order valence-electron chi connectivity index (χ1n) is 6.47. The van der Waals surface area contributed by atoms with Gasteiger partial charge in [0.2, 0.25) is 0 Å². The Balaban J connectivity index is 2.14. The number of hydrogen-bond acceptors (Lipinski definition) is 2. The maximum Gasteiger partial charge on any atom is 0.0284 e. The van der Waals surface area contributed by atoms with Crippen molar-refractivity contribution in [2.75, 3.05) is 0 Å². The minimum atomic E-state index is 0.407. The summed E-state index contributed by atoms with van der Waals surface area (Å²) >= 11 is 0. The third-order valence-electron chi connectivity index (χ3n) is 4.36. The molecule has 1 aliphatic rings. The first kappa shape index (κ1) is 12.6. The molecule has 0 aromatic heterocycles. The van der Waals surface area contributed by atoms with E-state index in [2.05, 4.69) is 51.3 Å². The molecule has 2 unspecified atom stereocenters. The fraction of sp³-hybridized carbons (Fsp3) is 0.600. The quantitative estimate of drug-likeness (QED) is 0.619. The average molecular weight is 232 g/mol. The van der Waals surface area contributed by atoms with E-state index < -0.39 is 0 Å². The summed E-state index contributed by atoms with van der Waals surface area (Å²) in [4.78, 5) is 0. The molecule has 94 valence electrons. The van der Waals surface area contributed by atoms with Crippen molar-refractivity contribution < 1.29 is 0 Å². The third kappa shape index (κ3) is 2.53. The van der Waals surface area contributed by atoms with Gasteiger partial charge in [-0.25, -0.2) is 0 Å². The molecule has 1 aromatic rings. The van der Waals surface area contributed by atoms with Crippen LogP contribution >= 0.6 is 0 Å². The van der Waals surface area contributed by atoms with Gasteiger partial charge in [-0.15, -0.1) is 0 Å². The largest absolute Gasteiger partial charge is 0.271 e. The van der Waals surface area contributed by atoms with Crippen LogP contribution in [0.25, 0.3) is 0 Å². The zero-order chi connectivity index (χ0) is 12.6. The highest BCUT2D eigenvalue weighted by Gasteiger charge is 2.49. The van der Waals surface area contributed by atoms with E-state index in [9.17, 15) is 0 Å². The Kier molecular flexibility index (Phi) is 3.28. The summed E-state index contributed by atoms with van der Waals surface area (Å²) in [6, 6.07) is 6.91. The van der Waals surface area contributed by atoms with E-state index in [1.165, 1.54) is 23.1 Å². The van der Waals surface area contributed by atoms with Crippen LogP contribution in [0.2, 0.25) is 0 Å². The molecular formula is C15H24N2. The van der Waals surface area contributed by atoms with E-state index in [0.29, 0.717) is 17.4 Å². The highest BCUT2D eigenvalue weighted by Crippen LogP contribution is 2.54. The van der Waals surface area contributed by atoms with Crippen LogP contribution in [-0.2, 0) is 6.42 Å². The van der Waals surface area contributed by atoms with Gasteiger partial charge in [-0.2, -0.15) is 0 Å². The minimum Gasteiger partial charge on any atom is -0.271 e. The molecule has 0 saturated heterocycles. The molecule has 3 N–H and O–H groups in total. The highest BCUT2D eigenvalue weighted by atomic mass is 15.2. The maximum absolute atomic E-state index is 5.73. The third-order valence-corrected chi connectivity index (χ3v) is 4.36. The predicted octanol–water partition coefficient (Wildman–Crippen LogP) is 2.72. The summed E-state index contributed by atoms with van der Waals surface area (Å²) in [5.74, 6) is 6.45. The van der Waals surface area contributed by atoms with Crippen molar-refractivity contribution >= 4 is 0 Å². The summed E-state index contributed by atoms with van der Waals surface area (Å²) in [5.41, 5.74) is 7.70. The van der Waals surface area contributed by atoms with E-state index in [-0.39, 0.29) is 0 Å². The lowest BCUT2D eigenvalue weighted by atomic mass is 9.92. The Hall–Kier alpha value is -0.860. The Morgan fingerprint density at radius 2 is 1.88 bits per heavy atom. The van der Waals surface area contributed by atoms with Gasteiger partial charge < -0.3 is 0 Å². The molecule has 0 amide bonds. The summed E-state index contributed by atoms with van der Waals surface area (Å²) in [7, 11) is 0. The molecule has 1 saturated carbocycles. The molecule has 2 rings (SSSR count). The molecule has 0 heterocycles. The molecule has 2 heteroatoms. The highest BCUT2D eigenvalue weighted by molar-refractivity contribution is 5.34. The molecule has 0 aliphatic heterocycles. The van der Waals surface area contributed by atoms with E-state index in [4.69, 9.17) is 5.84 Å². The Bertz CT molecular complexity index is 389. The van der Waals surface area contributed by atoms with Crippen LogP contribution in [0.3, 0.4) is 0 Å². The lowest BCUT2D eigenvalue weighted by Crippen LogP contribution is -2.39. The molecule has 0 radical (unpaired) electrons. The standard InChI is InChI=1S/C15H24N2/c1-10-6-5-7-11(2)12(10)8-14(17-16)13-9-15(13,3)4/h5-7,13-14,17H,8-9,16H2,1-4H3. The van der Waals surface area contributed by atoms with Gasteiger partial charge in [0.1, 0.15) is 0 Å². The van der Waals surface area contributed by atoms with Crippen molar-refractivity contribution in [1.29, 1.82) is 0 Å². The second-order valence-electron chi connectivity index (χ2n) is 6.15. The van der Waals surface area contributed by atoms with Gasteiger partial charge in [0.25, 0.3) is 0 Å². The Morgan fingerprint density at radius 3 is 2.29 bits per heavy atom. The lowest BCUT2D eigenvalue weighted by molar-refractivity contribution is 0.408. The van der Waals surface area contributed by atoms with Gasteiger partial charge >= 0.3 is 0 Å².